The Morgan fingerprint density at radius 1 is 1.08 bits per heavy atom. The Balaban J connectivity index is 1.54. The van der Waals surface area contributed by atoms with Gasteiger partial charge in [-0.3, -0.25) is 19.8 Å². The summed E-state index contributed by atoms with van der Waals surface area (Å²) in [5.41, 5.74) is 2.66. The molecule has 2 N–H and O–H groups in total. The third-order valence-electron chi connectivity index (χ3n) is 5.57. The maximum Gasteiger partial charge on any atom is 0.243 e. The second-order valence-corrected chi connectivity index (χ2v) is 7.82. The minimum absolute atomic E-state index is 0.199. The van der Waals surface area contributed by atoms with Crippen LogP contribution in [0.1, 0.15) is 37.8 Å². The quantitative estimate of drug-likeness (QED) is 0.775. The molecule has 3 aliphatic heterocycles. The van der Waals surface area contributed by atoms with Crippen LogP contribution >= 0.6 is 0 Å². The molecule has 26 heavy (non-hydrogen) atoms. The third kappa shape index (κ3) is 3.21. The highest BCUT2D eigenvalue weighted by Crippen LogP contribution is 2.33. The number of nitrogens with zero attached hydrogens (tertiary/aromatic N) is 2. The first kappa shape index (κ1) is 17.4. The Labute approximate surface area is 152 Å². The Morgan fingerprint density at radius 2 is 1.73 bits per heavy atom. The van der Waals surface area contributed by atoms with Crippen molar-refractivity contribution < 1.29 is 14.0 Å². The van der Waals surface area contributed by atoms with Crippen LogP contribution in [-0.2, 0) is 22.7 Å². The van der Waals surface area contributed by atoms with Gasteiger partial charge in [-0.2, -0.15) is 0 Å². The van der Waals surface area contributed by atoms with Crippen LogP contribution in [0.3, 0.4) is 0 Å². The second-order valence-electron chi connectivity index (χ2n) is 7.82. The van der Waals surface area contributed by atoms with E-state index in [0.717, 1.165) is 24.2 Å². The smallest absolute Gasteiger partial charge is 0.243 e. The van der Waals surface area contributed by atoms with Crippen molar-refractivity contribution in [2.24, 2.45) is 0 Å². The van der Waals surface area contributed by atoms with E-state index in [0.29, 0.717) is 43.7 Å². The molecule has 3 aliphatic rings. The lowest BCUT2D eigenvalue weighted by Crippen LogP contribution is -2.54. The van der Waals surface area contributed by atoms with Crippen LogP contribution in [0, 0.1) is 5.82 Å². The number of benzene rings is 1. The molecule has 3 atom stereocenters. The largest absolute Gasteiger partial charge is 0.366 e. The molecular formula is C19H25FN4O2. The zero-order valence-electron chi connectivity index (χ0n) is 15.2. The standard InChI is InChI=1S/C19H25FN4O2/c1-11-7-23(8-12(2)21-11)17-6-14-10-24(9-13(14)5-15(17)20)16-3-4-18(25)22-19(16)26/h5-6,11-12,16,21H,3-4,7-10H2,1-2H3,(H,22,25,26). The predicted octanol–water partition coefficient (Wildman–Crippen LogP) is 1.13. The van der Waals surface area contributed by atoms with Crippen LogP contribution in [0.15, 0.2) is 12.1 Å². The molecule has 0 aromatic heterocycles. The summed E-state index contributed by atoms with van der Waals surface area (Å²) >= 11 is 0. The van der Waals surface area contributed by atoms with Crippen molar-refractivity contribution in [1.29, 1.82) is 0 Å². The molecule has 3 unspecified atom stereocenters. The molecular weight excluding hydrogens is 335 g/mol. The van der Waals surface area contributed by atoms with Crippen molar-refractivity contribution in [2.75, 3.05) is 18.0 Å². The van der Waals surface area contributed by atoms with Crippen molar-refractivity contribution in [1.82, 2.24) is 15.5 Å². The maximum atomic E-state index is 14.8. The summed E-state index contributed by atoms with van der Waals surface area (Å²) in [5, 5.41) is 5.87. The van der Waals surface area contributed by atoms with E-state index >= 15 is 0 Å². The molecule has 0 spiro atoms. The van der Waals surface area contributed by atoms with Gasteiger partial charge in [0.1, 0.15) is 5.82 Å². The van der Waals surface area contributed by atoms with Gasteiger partial charge in [-0.1, -0.05) is 0 Å². The summed E-state index contributed by atoms with van der Waals surface area (Å²) in [6, 6.07) is 3.87. The normalized spacial score (nSPS) is 29.7. The fourth-order valence-electron chi connectivity index (χ4n) is 4.45. The molecule has 140 valence electrons. The molecule has 0 bridgehead atoms. The van der Waals surface area contributed by atoms with Gasteiger partial charge in [-0.05, 0) is 43.5 Å². The van der Waals surface area contributed by atoms with E-state index in [2.05, 4.69) is 29.4 Å². The highest BCUT2D eigenvalue weighted by atomic mass is 19.1. The molecule has 2 saturated heterocycles. The monoisotopic (exact) mass is 360 g/mol. The molecule has 0 saturated carbocycles. The molecule has 6 nitrogen and oxygen atoms in total. The number of rotatable bonds is 2. The van der Waals surface area contributed by atoms with Crippen LogP contribution < -0.4 is 15.5 Å². The highest BCUT2D eigenvalue weighted by molar-refractivity contribution is 6.00. The maximum absolute atomic E-state index is 14.8. The van der Waals surface area contributed by atoms with Crippen LogP contribution in [0.25, 0.3) is 0 Å². The number of piperazine rings is 1. The first-order valence-corrected chi connectivity index (χ1v) is 9.30. The Hall–Kier alpha value is -1.99. The van der Waals surface area contributed by atoms with Crippen molar-refractivity contribution in [3.8, 4) is 0 Å². The number of amides is 2. The predicted molar refractivity (Wildman–Crippen MR) is 96.1 cm³/mol. The van der Waals surface area contributed by atoms with E-state index in [1.165, 1.54) is 0 Å². The SMILES string of the molecule is CC1CN(c2cc3c(cc2F)CN(C2CCC(=O)NC2=O)C3)CC(C)N1. The van der Waals surface area contributed by atoms with Crippen molar-refractivity contribution in [3.05, 3.63) is 29.1 Å². The van der Waals surface area contributed by atoms with E-state index in [9.17, 15) is 14.0 Å². The number of hydrogen-bond donors (Lipinski definition) is 2. The van der Waals surface area contributed by atoms with Crippen molar-refractivity contribution in [3.63, 3.8) is 0 Å². The minimum atomic E-state index is -0.314. The second kappa shape index (κ2) is 6.63. The van der Waals surface area contributed by atoms with Crippen LogP contribution in [0.2, 0.25) is 0 Å². The van der Waals surface area contributed by atoms with Gasteiger partial charge in [-0.15, -0.1) is 0 Å². The molecule has 3 heterocycles. The van der Waals surface area contributed by atoms with E-state index in [1.54, 1.807) is 6.07 Å². The van der Waals surface area contributed by atoms with Gasteiger partial charge in [0.2, 0.25) is 11.8 Å². The first-order chi connectivity index (χ1) is 12.4. The number of hydrogen-bond acceptors (Lipinski definition) is 5. The number of anilines is 1. The topological polar surface area (TPSA) is 64.7 Å². The van der Waals surface area contributed by atoms with E-state index in [-0.39, 0.29) is 23.7 Å². The zero-order valence-corrected chi connectivity index (χ0v) is 15.2. The van der Waals surface area contributed by atoms with E-state index < -0.39 is 0 Å². The van der Waals surface area contributed by atoms with Gasteiger partial charge >= 0.3 is 0 Å². The van der Waals surface area contributed by atoms with E-state index in [4.69, 9.17) is 0 Å². The van der Waals surface area contributed by atoms with Crippen LogP contribution in [0.5, 0.6) is 0 Å². The highest BCUT2D eigenvalue weighted by Gasteiger charge is 2.35. The van der Waals surface area contributed by atoms with Crippen molar-refractivity contribution >= 4 is 17.5 Å². The van der Waals surface area contributed by atoms with Crippen LogP contribution in [-0.4, -0.2) is 47.9 Å². The molecule has 7 heteroatoms. The van der Waals surface area contributed by atoms with Gasteiger partial charge in [0.05, 0.1) is 11.7 Å². The van der Waals surface area contributed by atoms with Crippen LogP contribution in [0.4, 0.5) is 10.1 Å². The van der Waals surface area contributed by atoms with Gasteiger partial charge in [0.25, 0.3) is 0 Å². The number of imide groups is 1. The zero-order chi connectivity index (χ0) is 18.4. The fraction of sp³-hybridized carbons (Fsp3) is 0.579. The molecule has 2 amide bonds. The number of carbonyl (C=O) groups is 2. The third-order valence-corrected chi connectivity index (χ3v) is 5.57. The molecule has 0 aliphatic carbocycles. The molecule has 0 radical (unpaired) electrons. The number of carbonyl (C=O) groups excluding carboxylic acids is 2. The molecule has 2 fully saturated rings. The summed E-state index contributed by atoms with van der Waals surface area (Å²) in [6.07, 6.45) is 0.889. The number of fused-ring (bicyclic) bond motifs is 1. The number of halogens is 1. The lowest BCUT2D eigenvalue weighted by Gasteiger charge is -2.38. The number of piperidine rings is 1. The van der Waals surface area contributed by atoms with Gasteiger partial charge in [0, 0.05) is 44.7 Å². The Morgan fingerprint density at radius 3 is 2.38 bits per heavy atom. The van der Waals surface area contributed by atoms with Gasteiger partial charge in [0.15, 0.2) is 0 Å². The first-order valence-electron chi connectivity index (χ1n) is 9.30. The Bertz CT molecular complexity index is 743. The van der Waals surface area contributed by atoms with Gasteiger partial charge < -0.3 is 10.2 Å². The Kier molecular flexibility index (Phi) is 4.44. The summed E-state index contributed by atoms with van der Waals surface area (Å²) in [4.78, 5) is 27.6. The lowest BCUT2D eigenvalue weighted by molar-refractivity contribution is -0.137. The average molecular weight is 360 g/mol. The average Bonchev–Trinajstić information content (AvgIpc) is 2.95. The minimum Gasteiger partial charge on any atom is -0.366 e. The van der Waals surface area contributed by atoms with Crippen molar-refractivity contribution in [2.45, 2.75) is 57.9 Å². The van der Waals surface area contributed by atoms with Gasteiger partial charge in [-0.25, -0.2) is 4.39 Å². The molecule has 4 rings (SSSR count). The molecule has 1 aromatic carbocycles. The summed E-state index contributed by atoms with van der Waals surface area (Å²) in [5.74, 6) is -0.645. The number of nitrogens with one attached hydrogen (secondary N) is 2. The molecule has 1 aromatic rings. The lowest BCUT2D eigenvalue weighted by atomic mass is 10.0. The summed E-state index contributed by atoms with van der Waals surface area (Å²) in [7, 11) is 0. The summed E-state index contributed by atoms with van der Waals surface area (Å²) < 4.78 is 14.8. The fourth-order valence-corrected chi connectivity index (χ4v) is 4.45. The summed E-state index contributed by atoms with van der Waals surface area (Å²) in [6.45, 7) is 6.93. The van der Waals surface area contributed by atoms with E-state index in [1.807, 2.05) is 11.0 Å².